The number of anilines is 2. The third-order valence-corrected chi connectivity index (χ3v) is 11.0. The Morgan fingerprint density at radius 3 is 2.08 bits per heavy atom. The molecule has 0 saturated carbocycles. The summed E-state index contributed by atoms with van der Waals surface area (Å²) in [4.78, 5) is 54.1. The highest BCUT2D eigenvalue weighted by Crippen LogP contribution is 2.33. The number of carbonyl (C=O) groups is 3. The van der Waals surface area contributed by atoms with Crippen molar-refractivity contribution in [2.45, 2.75) is 25.4 Å². The molecule has 5 heterocycles. The number of piperidine rings is 1. The molecule has 2 aromatic carbocycles. The summed E-state index contributed by atoms with van der Waals surface area (Å²) < 4.78 is 34.9. The highest BCUT2D eigenvalue weighted by molar-refractivity contribution is 7.21. The van der Waals surface area contributed by atoms with E-state index in [1.807, 2.05) is 61.7 Å². The first kappa shape index (κ1) is 43.5. The van der Waals surface area contributed by atoms with Crippen LogP contribution in [0.2, 0.25) is 0 Å². The number of hydrogen-bond acceptors (Lipinski definition) is 15. The predicted octanol–water partition coefficient (Wildman–Crippen LogP) is 4.82. The monoisotopic (exact) mass is 853 g/mol. The maximum Gasteiger partial charge on any atom is 0.255 e. The van der Waals surface area contributed by atoms with Crippen LogP contribution >= 0.6 is 11.3 Å². The molecule has 322 valence electrons. The van der Waals surface area contributed by atoms with E-state index in [-0.39, 0.29) is 18.2 Å². The van der Waals surface area contributed by atoms with Crippen LogP contribution in [0.15, 0.2) is 73.1 Å². The Kier molecular flexibility index (Phi) is 15.6. The first-order valence-corrected chi connectivity index (χ1v) is 21.2. The van der Waals surface area contributed by atoms with E-state index in [0.717, 1.165) is 49.1 Å². The van der Waals surface area contributed by atoms with Crippen LogP contribution in [0.5, 0.6) is 5.75 Å². The number of rotatable bonds is 24. The molecule has 2 N–H and O–H groups in total. The van der Waals surface area contributed by atoms with Crippen LogP contribution in [-0.4, -0.2) is 137 Å². The number of imide groups is 1. The van der Waals surface area contributed by atoms with Gasteiger partial charge in [-0.1, -0.05) is 6.07 Å². The van der Waals surface area contributed by atoms with Crippen molar-refractivity contribution in [2.75, 3.05) is 104 Å². The highest BCUT2D eigenvalue weighted by atomic mass is 32.1. The molecule has 1 saturated heterocycles. The molecule has 5 aromatic rings. The fourth-order valence-corrected chi connectivity index (χ4v) is 7.75. The van der Waals surface area contributed by atoms with E-state index in [1.54, 1.807) is 23.5 Å². The van der Waals surface area contributed by atoms with Crippen molar-refractivity contribution in [1.82, 2.24) is 25.2 Å². The maximum atomic E-state index is 12.8. The number of ether oxygens (including phenoxy) is 6. The number of fused-ring (bicyclic) bond motifs is 2. The Morgan fingerprint density at radius 1 is 0.770 bits per heavy atom. The van der Waals surface area contributed by atoms with Crippen LogP contribution < -0.4 is 20.3 Å². The summed E-state index contributed by atoms with van der Waals surface area (Å²) in [5.74, 6) is 0.584. The van der Waals surface area contributed by atoms with E-state index < -0.39 is 11.9 Å². The van der Waals surface area contributed by atoms with Crippen LogP contribution in [0.1, 0.15) is 28.8 Å². The largest absolute Gasteiger partial charge is 0.491 e. The molecule has 0 spiro atoms. The zero-order chi connectivity index (χ0) is 42.4. The van der Waals surface area contributed by atoms with Crippen molar-refractivity contribution in [3.63, 3.8) is 0 Å². The van der Waals surface area contributed by atoms with Gasteiger partial charge in [-0.3, -0.25) is 24.7 Å². The summed E-state index contributed by atoms with van der Waals surface area (Å²) in [5, 5.41) is 6.61. The molecule has 2 aliphatic rings. The first-order chi connectivity index (χ1) is 29.8. The molecule has 1 atom stereocenters. The van der Waals surface area contributed by atoms with Crippen molar-refractivity contribution in [3.8, 4) is 27.6 Å². The topological polar surface area (TPSA) is 176 Å². The summed E-state index contributed by atoms with van der Waals surface area (Å²) in [5.41, 5.74) is 6.16. The van der Waals surface area contributed by atoms with E-state index in [0.29, 0.717) is 103 Å². The summed E-state index contributed by atoms with van der Waals surface area (Å²) in [6.45, 7) is 5.93. The van der Waals surface area contributed by atoms with Crippen molar-refractivity contribution in [3.05, 3.63) is 84.2 Å². The second kappa shape index (κ2) is 21.8. The maximum absolute atomic E-state index is 12.8. The first-order valence-electron chi connectivity index (χ1n) is 20.4. The minimum absolute atomic E-state index is 0.212. The molecule has 1 fully saturated rings. The lowest BCUT2D eigenvalue weighted by Crippen LogP contribution is -2.52. The zero-order valence-electron chi connectivity index (χ0n) is 34.4. The van der Waals surface area contributed by atoms with Gasteiger partial charge < -0.3 is 43.5 Å². The van der Waals surface area contributed by atoms with E-state index >= 15 is 0 Å². The number of amides is 3. The summed E-state index contributed by atoms with van der Waals surface area (Å²) in [7, 11) is 3.94. The van der Waals surface area contributed by atoms with Gasteiger partial charge in [0.05, 0.1) is 82.0 Å². The van der Waals surface area contributed by atoms with Gasteiger partial charge in [-0.15, -0.1) is 11.3 Å². The fourth-order valence-electron chi connectivity index (χ4n) is 6.76. The molecule has 3 amide bonds. The van der Waals surface area contributed by atoms with Gasteiger partial charge >= 0.3 is 0 Å². The van der Waals surface area contributed by atoms with Crippen molar-refractivity contribution >= 4 is 50.8 Å². The molecule has 7 rings (SSSR count). The Morgan fingerprint density at radius 2 is 1.44 bits per heavy atom. The van der Waals surface area contributed by atoms with Gasteiger partial charge in [-0.2, -0.15) is 0 Å². The smallest absolute Gasteiger partial charge is 0.255 e. The average Bonchev–Trinajstić information content (AvgIpc) is 3.84. The Hall–Kier alpha value is -5.56. The third-order valence-electron chi connectivity index (χ3n) is 9.97. The molecular formula is C44H51N7O9S. The lowest BCUT2D eigenvalue weighted by molar-refractivity contribution is -0.136. The molecule has 3 aromatic heterocycles. The zero-order valence-corrected chi connectivity index (χ0v) is 35.2. The van der Waals surface area contributed by atoms with Gasteiger partial charge in [-0.05, 0) is 66.6 Å². The molecule has 0 aliphatic carbocycles. The Balaban J connectivity index is 0.660. The standard InChI is InChI=1S/C44H51N7O9S/c1-50(2)40-11-4-31(28-47-40)30-3-8-37(46-27-30)43-48-36-9-5-33(26-39(36)61-43)45-13-14-55-15-16-56-17-18-57-19-20-58-21-22-59-23-24-60-34-6-7-35-32(25-34)29-51(44(35)54)38-10-12-41(52)49-42(38)53/h3-9,11,25-28,38,45H,10,12-24,29H2,1-2H3,(H,49,52,53). The molecule has 16 nitrogen and oxygen atoms in total. The van der Waals surface area contributed by atoms with Crippen LogP contribution in [-0.2, 0) is 39.8 Å². The summed E-state index contributed by atoms with van der Waals surface area (Å²) in [6.07, 6.45) is 4.28. The number of hydrogen-bond donors (Lipinski definition) is 2. The number of nitrogens with one attached hydrogen (secondary N) is 2. The third kappa shape index (κ3) is 12.1. The molecule has 2 aliphatic heterocycles. The second-order valence-corrected chi connectivity index (χ2v) is 15.5. The Labute approximate surface area is 358 Å². The van der Waals surface area contributed by atoms with E-state index in [4.69, 9.17) is 33.4 Å². The molecule has 61 heavy (non-hydrogen) atoms. The SMILES string of the molecule is CN(C)c1ccc(-c2ccc(-c3nc4ccc(NCCOCCOCCOCCOCCOCCOc5ccc6c(c5)CN(C5CCC(=O)NC5=O)C6=O)cc4s3)nc2)cn1. The van der Waals surface area contributed by atoms with Crippen molar-refractivity contribution < 1.29 is 42.8 Å². The summed E-state index contributed by atoms with van der Waals surface area (Å²) in [6, 6.07) is 18.9. The van der Waals surface area contributed by atoms with E-state index in [9.17, 15) is 14.4 Å². The van der Waals surface area contributed by atoms with Crippen molar-refractivity contribution in [1.29, 1.82) is 0 Å². The van der Waals surface area contributed by atoms with E-state index in [2.05, 4.69) is 38.8 Å². The highest BCUT2D eigenvalue weighted by Gasteiger charge is 2.39. The second-order valence-electron chi connectivity index (χ2n) is 14.5. The van der Waals surface area contributed by atoms with Crippen LogP contribution in [0, 0.1) is 0 Å². The normalized spacial score (nSPS) is 15.0. The van der Waals surface area contributed by atoms with Gasteiger partial charge in [0.25, 0.3) is 5.91 Å². The number of nitrogens with zero attached hydrogens (tertiary/aromatic N) is 5. The predicted molar refractivity (Wildman–Crippen MR) is 231 cm³/mol. The molecular weight excluding hydrogens is 803 g/mol. The minimum Gasteiger partial charge on any atom is -0.491 e. The fraction of sp³-hybridized carbons (Fsp3) is 0.409. The van der Waals surface area contributed by atoms with Gasteiger partial charge in [0.1, 0.15) is 29.2 Å². The number of thiazole rings is 1. The van der Waals surface area contributed by atoms with Gasteiger partial charge in [-0.25, -0.2) is 9.97 Å². The number of pyridine rings is 2. The lowest BCUT2D eigenvalue weighted by atomic mass is 10.0. The molecule has 0 bridgehead atoms. The average molecular weight is 854 g/mol. The van der Waals surface area contributed by atoms with Crippen molar-refractivity contribution in [2.24, 2.45) is 0 Å². The molecule has 0 radical (unpaired) electrons. The summed E-state index contributed by atoms with van der Waals surface area (Å²) >= 11 is 1.62. The van der Waals surface area contributed by atoms with Gasteiger partial charge in [0.15, 0.2) is 0 Å². The number of carbonyl (C=O) groups excluding carboxylic acids is 3. The molecule has 17 heteroatoms. The van der Waals surface area contributed by atoms with Gasteiger partial charge in [0.2, 0.25) is 11.8 Å². The van der Waals surface area contributed by atoms with E-state index in [1.165, 1.54) is 4.90 Å². The number of benzene rings is 2. The Bertz CT molecular complexity index is 2240. The molecule has 1 unspecified atom stereocenters. The quantitative estimate of drug-likeness (QED) is 0.0639. The minimum atomic E-state index is -0.642. The lowest BCUT2D eigenvalue weighted by Gasteiger charge is -2.29. The number of aromatic nitrogens is 3. The van der Waals surface area contributed by atoms with Crippen LogP contribution in [0.25, 0.3) is 32.0 Å². The van der Waals surface area contributed by atoms with Crippen LogP contribution in [0.3, 0.4) is 0 Å². The van der Waals surface area contributed by atoms with Gasteiger partial charge in [0, 0.05) is 68.4 Å². The van der Waals surface area contributed by atoms with Crippen LogP contribution in [0.4, 0.5) is 11.5 Å².